The molecule has 0 aliphatic carbocycles. The highest BCUT2D eigenvalue weighted by molar-refractivity contribution is 8.02. The first kappa shape index (κ1) is 17.5. The Morgan fingerprint density at radius 2 is 2.30 bits per heavy atom. The number of hydrogen-bond acceptors (Lipinski definition) is 6. The molecule has 0 aliphatic rings. The van der Waals surface area contributed by atoms with Gasteiger partial charge in [-0.3, -0.25) is 9.79 Å². The average Bonchev–Trinajstić information content (AvgIpc) is 2.92. The van der Waals surface area contributed by atoms with Crippen LogP contribution in [-0.4, -0.2) is 44.5 Å². The lowest BCUT2D eigenvalue weighted by Crippen LogP contribution is -2.09. The van der Waals surface area contributed by atoms with Gasteiger partial charge in [0, 0.05) is 25.2 Å². The number of thiophene rings is 1. The molecule has 2 heterocycles. The number of nitrogens with one attached hydrogen (secondary N) is 1. The van der Waals surface area contributed by atoms with Gasteiger partial charge in [0.1, 0.15) is 4.83 Å². The molecule has 0 aliphatic heterocycles. The van der Waals surface area contributed by atoms with Crippen LogP contribution in [0, 0.1) is 0 Å². The summed E-state index contributed by atoms with van der Waals surface area (Å²) < 4.78 is 0. The van der Waals surface area contributed by atoms with Crippen molar-refractivity contribution in [2.45, 2.75) is 6.92 Å². The van der Waals surface area contributed by atoms with E-state index in [-0.39, 0.29) is 0 Å². The van der Waals surface area contributed by atoms with Crippen molar-refractivity contribution in [3.8, 4) is 0 Å². The number of carbonyl (C=O) groups excluding carboxylic acids is 1. The number of anilines is 2. The molecular weight excluding hydrogens is 328 g/mol. The van der Waals surface area contributed by atoms with Crippen LogP contribution < -0.4 is 10.2 Å². The van der Waals surface area contributed by atoms with E-state index in [4.69, 9.17) is 0 Å². The summed E-state index contributed by atoms with van der Waals surface area (Å²) in [6.07, 6.45) is 8.36. The normalized spacial score (nSPS) is 12.1. The molecule has 0 unspecified atom stereocenters. The van der Waals surface area contributed by atoms with Gasteiger partial charge in [0.05, 0.1) is 34.5 Å². The molecule has 7 heteroatoms. The van der Waals surface area contributed by atoms with Crippen molar-refractivity contribution in [2.75, 3.05) is 37.1 Å². The molecule has 2 aromatic rings. The number of aromatic nitrogens is 1. The first-order chi connectivity index (χ1) is 11.1. The van der Waals surface area contributed by atoms with E-state index in [0.717, 1.165) is 27.9 Å². The summed E-state index contributed by atoms with van der Waals surface area (Å²) in [5.74, 6) is 0. The van der Waals surface area contributed by atoms with Crippen LogP contribution in [-0.2, 0) is 0 Å². The quantitative estimate of drug-likeness (QED) is 0.467. The molecule has 2 aromatic heterocycles. The lowest BCUT2D eigenvalue weighted by Gasteiger charge is -2.14. The SMILES string of the molecule is C/C=C(/CN=CNc1c(C=O)sc2nccc(N(C)C)c12)SC. The Morgan fingerprint density at radius 1 is 1.52 bits per heavy atom. The van der Waals surface area contributed by atoms with Crippen LogP contribution in [0.5, 0.6) is 0 Å². The van der Waals surface area contributed by atoms with E-state index in [1.54, 1.807) is 24.3 Å². The molecule has 1 N–H and O–H groups in total. The Labute approximate surface area is 144 Å². The van der Waals surface area contributed by atoms with E-state index in [1.807, 2.05) is 44.3 Å². The van der Waals surface area contributed by atoms with E-state index < -0.39 is 0 Å². The number of nitrogens with zero attached hydrogens (tertiary/aromatic N) is 3. The highest BCUT2D eigenvalue weighted by Gasteiger charge is 2.16. The van der Waals surface area contributed by atoms with Crippen molar-refractivity contribution < 1.29 is 4.79 Å². The van der Waals surface area contributed by atoms with Crippen molar-refractivity contribution in [2.24, 2.45) is 4.99 Å². The minimum absolute atomic E-state index is 0.627. The summed E-state index contributed by atoms with van der Waals surface area (Å²) in [4.78, 5) is 24.8. The van der Waals surface area contributed by atoms with Crippen molar-refractivity contribution in [3.05, 3.63) is 28.1 Å². The van der Waals surface area contributed by atoms with Crippen molar-refractivity contribution >= 4 is 57.3 Å². The third-order valence-electron chi connectivity index (χ3n) is 3.32. The topological polar surface area (TPSA) is 57.6 Å². The Balaban J connectivity index is 2.35. The fourth-order valence-electron chi connectivity index (χ4n) is 2.14. The number of aldehydes is 1. The van der Waals surface area contributed by atoms with Crippen LogP contribution in [0.2, 0.25) is 0 Å². The molecular formula is C16H20N4OS2. The Morgan fingerprint density at radius 3 is 2.91 bits per heavy atom. The lowest BCUT2D eigenvalue weighted by molar-refractivity contribution is 0.112. The van der Waals surface area contributed by atoms with E-state index >= 15 is 0 Å². The second-order valence-electron chi connectivity index (χ2n) is 4.94. The third-order valence-corrected chi connectivity index (χ3v) is 5.23. The molecule has 122 valence electrons. The Hall–Kier alpha value is -1.86. The van der Waals surface area contributed by atoms with E-state index in [0.29, 0.717) is 11.4 Å². The molecule has 0 amide bonds. The fraction of sp³-hybridized carbons (Fsp3) is 0.312. The van der Waals surface area contributed by atoms with Crippen molar-refractivity contribution in [3.63, 3.8) is 0 Å². The van der Waals surface area contributed by atoms with E-state index in [1.165, 1.54) is 16.2 Å². The molecule has 23 heavy (non-hydrogen) atoms. The van der Waals surface area contributed by atoms with Gasteiger partial charge in [-0.2, -0.15) is 0 Å². The number of carbonyl (C=O) groups is 1. The zero-order chi connectivity index (χ0) is 16.8. The molecule has 0 saturated carbocycles. The molecule has 0 aromatic carbocycles. The van der Waals surface area contributed by atoms with Crippen LogP contribution in [0.25, 0.3) is 10.2 Å². The summed E-state index contributed by atoms with van der Waals surface area (Å²) in [7, 11) is 3.95. The molecule has 0 spiro atoms. The fourth-order valence-corrected chi connectivity index (χ4v) is 3.52. The summed E-state index contributed by atoms with van der Waals surface area (Å²) in [5, 5.41) is 4.12. The van der Waals surface area contributed by atoms with Crippen LogP contribution in [0.4, 0.5) is 11.4 Å². The number of aliphatic imine (C=N–C) groups is 1. The zero-order valence-corrected chi connectivity index (χ0v) is 15.3. The molecule has 0 radical (unpaired) electrons. The maximum atomic E-state index is 11.4. The predicted octanol–water partition coefficient (Wildman–Crippen LogP) is 3.88. The van der Waals surface area contributed by atoms with Gasteiger partial charge in [0.25, 0.3) is 0 Å². The van der Waals surface area contributed by atoms with E-state index in [9.17, 15) is 4.79 Å². The van der Waals surface area contributed by atoms with E-state index in [2.05, 4.69) is 15.3 Å². The van der Waals surface area contributed by atoms with Gasteiger partial charge in [-0.05, 0) is 19.2 Å². The van der Waals surface area contributed by atoms with Gasteiger partial charge in [-0.1, -0.05) is 6.08 Å². The minimum Gasteiger partial charge on any atom is -0.377 e. The first-order valence-electron chi connectivity index (χ1n) is 7.10. The summed E-state index contributed by atoms with van der Waals surface area (Å²) in [6, 6.07) is 1.94. The number of rotatable bonds is 7. The lowest BCUT2D eigenvalue weighted by atomic mass is 10.2. The first-order valence-corrected chi connectivity index (χ1v) is 9.14. The number of fused-ring (bicyclic) bond motifs is 1. The molecule has 5 nitrogen and oxygen atoms in total. The van der Waals surface area contributed by atoms with Gasteiger partial charge >= 0.3 is 0 Å². The zero-order valence-electron chi connectivity index (χ0n) is 13.7. The Kier molecular flexibility index (Phi) is 6.18. The van der Waals surface area contributed by atoms with Gasteiger partial charge < -0.3 is 10.2 Å². The number of thioether (sulfide) groups is 1. The number of allylic oxidation sites excluding steroid dienone is 1. The molecule has 0 saturated heterocycles. The highest BCUT2D eigenvalue weighted by atomic mass is 32.2. The van der Waals surface area contributed by atoms with Crippen molar-refractivity contribution in [1.82, 2.24) is 4.98 Å². The standard InChI is InChI=1S/C16H20N4OS2/c1-5-11(22-4)8-17-10-19-15-13(9-21)23-16-14(15)12(20(2)3)6-7-18-16/h5-7,9-10H,8H2,1-4H3,(H,17,19)/b11-5-. The predicted molar refractivity (Wildman–Crippen MR) is 104 cm³/mol. The summed E-state index contributed by atoms with van der Waals surface area (Å²) in [5.41, 5.74) is 1.79. The summed E-state index contributed by atoms with van der Waals surface area (Å²) in [6.45, 7) is 2.63. The second kappa shape index (κ2) is 8.12. The molecule has 0 bridgehead atoms. The van der Waals surface area contributed by atoms with Crippen LogP contribution >= 0.6 is 23.1 Å². The van der Waals surface area contributed by atoms with Crippen LogP contribution in [0.3, 0.4) is 0 Å². The smallest absolute Gasteiger partial charge is 0.162 e. The Bertz CT molecular complexity index is 750. The maximum Gasteiger partial charge on any atom is 0.162 e. The monoisotopic (exact) mass is 348 g/mol. The third kappa shape index (κ3) is 3.92. The largest absolute Gasteiger partial charge is 0.377 e. The minimum atomic E-state index is 0.627. The average molecular weight is 348 g/mol. The van der Waals surface area contributed by atoms with Gasteiger partial charge in [0.2, 0.25) is 0 Å². The maximum absolute atomic E-state index is 11.4. The molecule has 0 fully saturated rings. The second-order valence-corrected chi connectivity index (χ2v) is 6.90. The van der Waals surface area contributed by atoms with Crippen LogP contribution in [0.15, 0.2) is 28.2 Å². The highest BCUT2D eigenvalue weighted by Crippen LogP contribution is 2.38. The molecule has 0 atom stereocenters. The van der Waals surface area contributed by atoms with Crippen molar-refractivity contribution in [1.29, 1.82) is 0 Å². The molecule has 2 rings (SSSR count). The van der Waals surface area contributed by atoms with Gasteiger partial charge in [-0.15, -0.1) is 23.1 Å². The van der Waals surface area contributed by atoms with Gasteiger partial charge in [-0.25, -0.2) is 4.98 Å². The number of hydrogen-bond donors (Lipinski definition) is 1. The van der Waals surface area contributed by atoms with Gasteiger partial charge in [0.15, 0.2) is 6.29 Å². The summed E-state index contributed by atoms with van der Waals surface area (Å²) >= 11 is 3.07. The van der Waals surface area contributed by atoms with Crippen LogP contribution in [0.1, 0.15) is 16.6 Å². The number of pyridine rings is 1.